The number of hydrogen-bond donors (Lipinski definition) is 1. The van der Waals surface area contributed by atoms with Gasteiger partial charge in [0.25, 0.3) is 0 Å². The molecule has 0 aliphatic carbocycles. The van der Waals surface area contributed by atoms with Gasteiger partial charge in [-0.1, -0.05) is 6.07 Å². The lowest BCUT2D eigenvalue weighted by atomic mass is 10.3. The fourth-order valence-corrected chi connectivity index (χ4v) is 2.76. The molecule has 1 N–H and O–H groups in total. The minimum absolute atomic E-state index is 0.840. The number of nitrogens with zero attached hydrogens (tertiary/aromatic N) is 2. The van der Waals surface area contributed by atoms with Crippen LogP contribution in [0.15, 0.2) is 41.2 Å². The molecule has 3 rings (SSSR count). The lowest BCUT2D eigenvalue weighted by Crippen LogP contribution is -2.14. The van der Waals surface area contributed by atoms with Crippen molar-refractivity contribution in [3.05, 3.63) is 58.2 Å². The maximum atomic E-state index is 4.55. The van der Waals surface area contributed by atoms with Crippen LogP contribution in [0.4, 0.5) is 0 Å². The van der Waals surface area contributed by atoms with Crippen molar-refractivity contribution in [2.75, 3.05) is 0 Å². The number of nitrogens with one attached hydrogen (secondary N) is 1. The number of hydrogen-bond acceptors (Lipinski definition) is 3. The molecule has 4 heteroatoms. The molecule has 0 spiro atoms. The second kappa shape index (κ2) is 4.92. The van der Waals surface area contributed by atoms with Gasteiger partial charge in [-0.25, -0.2) is 4.98 Å². The van der Waals surface area contributed by atoms with Gasteiger partial charge in [-0.2, -0.15) is 11.3 Å². The quantitative estimate of drug-likeness (QED) is 0.778. The Morgan fingerprint density at radius 3 is 3.06 bits per heavy atom. The highest BCUT2D eigenvalue weighted by atomic mass is 32.1. The Bertz CT molecular complexity index is 640. The maximum absolute atomic E-state index is 4.55. The third-order valence-corrected chi connectivity index (χ3v) is 3.76. The molecule has 3 heterocycles. The summed E-state index contributed by atoms with van der Waals surface area (Å²) in [5, 5.41) is 7.75. The van der Waals surface area contributed by atoms with Crippen molar-refractivity contribution >= 4 is 17.0 Å². The number of rotatable bonds is 4. The number of pyridine rings is 1. The molecule has 18 heavy (non-hydrogen) atoms. The van der Waals surface area contributed by atoms with E-state index in [2.05, 4.69) is 44.6 Å². The summed E-state index contributed by atoms with van der Waals surface area (Å²) >= 11 is 1.74. The molecule has 0 atom stereocenters. The van der Waals surface area contributed by atoms with Gasteiger partial charge in [-0.3, -0.25) is 0 Å². The summed E-state index contributed by atoms with van der Waals surface area (Å²) in [7, 11) is 0. The number of aryl methyl sites for hydroxylation is 1. The molecule has 3 aromatic rings. The van der Waals surface area contributed by atoms with E-state index in [1.54, 1.807) is 11.3 Å². The van der Waals surface area contributed by atoms with Crippen LogP contribution in [0, 0.1) is 6.92 Å². The fourth-order valence-electron chi connectivity index (χ4n) is 2.10. The summed E-state index contributed by atoms with van der Waals surface area (Å²) in [6, 6.07) is 8.25. The molecule has 0 saturated carbocycles. The highest BCUT2D eigenvalue weighted by Crippen LogP contribution is 2.12. The molecule has 0 aromatic carbocycles. The van der Waals surface area contributed by atoms with Crippen molar-refractivity contribution in [3.8, 4) is 0 Å². The molecule has 0 saturated heterocycles. The average molecular weight is 257 g/mol. The first-order chi connectivity index (χ1) is 8.84. The minimum Gasteiger partial charge on any atom is -0.307 e. The first-order valence-electron chi connectivity index (χ1n) is 5.99. The third kappa shape index (κ3) is 2.17. The fraction of sp³-hybridized carbons (Fsp3) is 0.214. The highest BCUT2D eigenvalue weighted by Gasteiger charge is 2.07. The predicted octanol–water partition coefficient (Wildman–Crippen LogP) is 2.99. The summed E-state index contributed by atoms with van der Waals surface area (Å²) < 4.78 is 2.15. The Hall–Kier alpha value is -1.65. The number of thiophene rings is 1. The zero-order valence-corrected chi connectivity index (χ0v) is 11.1. The van der Waals surface area contributed by atoms with Crippen LogP contribution in [0.1, 0.15) is 17.0 Å². The van der Waals surface area contributed by atoms with Crippen molar-refractivity contribution in [2.24, 2.45) is 0 Å². The van der Waals surface area contributed by atoms with Crippen molar-refractivity contribution in [1.82, 2.24) is 14.7 Å². The van der Waals surface area contributed by atoms with Crippen molar-refractivity contribution in [3.63, 3.8) is 0 Å². The molecule has 0 aliphatic rings. The van der Waals surface area contributed by atoms with E-state index in [9.17, 15) is 0 Å². The first-order valence-corrected chi connectivity index (χ1v) is 6.93. The van der Waals surface area contributed by atoms with Gasteiger partial charge in [0.05, 0.1) is 11.4 Å². The summed E-state index contributed by atoms with van der Waals surface area (Å²) in [4.78, 5) is 4.55. The van der Waals surface area contributed by atoms with E-state index in [1.807, 2.05) is 18.2 Å². The maximum Gasteiger partial charge on any atom is 0.137 e. The molecule has 0 fully saturated rings. The van der Waals surface area contributed by atoms with E-state index >= 15 is 0 Å². The Morgan fingerprint density at radius 2 is 2.22 bits per heavy atom. The molecule has 0 amide bonds. The second-order valence-electron chi connectivity index (χ2n) is 4.31. The molecular formula is C14H15N3S. The Labute approximate surface area is 110 Å². The summed E-state index contributed by atoms with van der Waals surface area (Å²) in [5.74, 6) is 0. The zero-order chi connectivity index (χ0) is 12.4. The van der Waals surface area contributed by atoms with Crippen molar-refractivity contribution < 1.29 is 0 Å². The Balaban J connectivity index is 1.76. The van der Waals surface area contributed by atoms with Crippen LogP contribution >= 0.6 is 11.3 Å². The van der Waals surface area contributed by atoms with Crippen LogP contribution in [-0.2, 0) is 13.1 Å². The van der Waals surface area contributed by atoms with Crippen molar-refractivity contribution in [2.45, 2.75) is 20.0 Å². The van der Waals surface area contributed by atoms with Crippen LogP contribution < -0.4 is 5.32 Å². The molecular weight excluding hydrogens is 242 g/mol. The normalized spacial score (nSPS) is 11.2. The van der Waals surface area contributed by atoms with Crippen LogP contribution in [0.25, 0.3) is 5.65 Å². The van der Waals surface area contributed by atoms with Crippen molar-refractivity contribution in [1.29, 1.82) is 0 Å². The van der Waals surface area contributed by atoms with Crippen LogP contribution in [0.3, 0.4) is 0 Å². The van der Waals surface area contributed by atoms with Gasteiger partial charge < -0.3 is 9.72 Å². The van der Waals surface area contributed by atoms with Gasteiger partial charge in [0.1, 0.15) is 5.65 Å². The number of fused-ring (bicyclic) bond motifs is 1. The standard InChI is InChI=1S/C14H15N3S/c1-11-13(9-15-8-12-5-7-18-10-12)17-6-3-2-4-14(17)16-11/h2-7,10,15H,8-9H2,1H3. The van der Waals surface area contributed by atoms with Crippen LogP contribution in [0.5, 0.6) is 0 Å². The van der Waals surface area contributed by atoms with E-state index in [-0.39, 0.29) is 0 Å². The van der Waals surface area contributed by atoms with Gasteiger partial charge >= 0.3 is 0 Å². The van der Waals surface area contributed by atoms with E-state index in [0.717, 1.165) is 24.4 Å². The van der Waals surface area contributed by atoms with Gasteiger partial charge in [0.15, 0.2) is 0 Å². The topological polar surface area (TPSA) is 29.3 Å². The monoisotopic (exact) mass is 257 g/mol. The number of imidazole rings is 1. The number of aromatic nitrogens is 2. The van der Waals surface area contributed by atoms with E-state index < -0.39 is 0 Å². The molecule has 0 radical (unpaired) electrons. The average Bonchev–Trinajstić information content (AvgIpc) is 2.98. The third-order valence-electron chi connectivity index (χ3n) is 3.03. The van der Waals surface area contributed by atoms with E-state index in [1.165, 1.54) is 11.3 Å². The van der Waals surface area contributed by atoms with Gasteiger partial charge in [-0.15, -0.1) is 0 Å². The van der Waals surface area contributed by atoms with E-state index in [4.69, 9.17) is 0 Å². The van der Waals surface area contributed by atoms with Crippen LogP contribution in [-0.4, -0.2) is 9.38 Å². The minimum atomic E-state index is 0.840. The summed E-state index contributed by atoms with van der Waals surface area (Å²) in [6.45, 7) is 3.81. The summed E-state index contributed by atoms with van der Waals surface area (Å²) in [5.41, 5.74) is 4.69. The van der Waals surface area contributed by atoms with Gasteiger partial charge in [-0.05, 0) is 41.4 Å². The molecule has 3 aromatic heterocycles. The summed E-state index contributed by atoms with van der Waals surface area (Å²) in [6.07, 6.45) is 2.07. The Morgan fingerprint density at radius 1 is 1.28 bits per heavy atom. The van der Waals surface area contributed by atoms with Crippen LogP contribution in [0.2, 0.25) is 0 Å². The lowest BCUT2D eigenvalue weighted by Gasteiger charge is -2.04. The lowest BCUT2D eigenvalue weighted by molar-refractivity contribution is 0.673. The first kappa shape index (κ1) is 11.4. The second-order valence-corrected chi connectivity index (χ2v) is 5.09. The Kier molecular flexibility index (Phi) is 3.13. The SMILES string of the molecule is Cc1nc2ccccn2c1CNCc1ccsc1. The van der Waals surface area contributed by atoms with Gasteiger partial charge in [0.2, 0.25) is 0 Å². The molecule has 3 nitrogen and oxygen atoms in total. The molecule has 0 unspecified atom stereocenters. The predicted molar refractivity (Wildman–Crippen MR) is 74.8 cm³/mol. The zero-order valence-electron chi connectivity index (χ0n) is 10.3. The highest BCUT2D eigenvalue weighted by molar-refractivity contribution is 7.07. The molecule has 0 aliphatic heterocycles. The largest absolute Gasteiger partial charge is 0.307 e. The van der Waals surface area contributed by atoms with E-state index in [0.29, 0.717) is 0 Å². The smallest absolute Gasteiger partial charge is 0.137 e. The molecule has 92 valence electrons. The molecule has 0 bridgehead atoms. The van der Waals surface area contributed by atoms with Gasteiger partial charge in [0, 0.05) is 19.3 Å².